The third-order valence-corrected chi connectivity index (χ3v) is 4.86. The van der Waals surface area contributed by atoms with Crippen molar-refractivity contribution >= 4 is 35.2 Å². The second kappa shape index (κ2) is 9.27. The molecule has 1 aromatic heterocycles. The van der Waals surface area contributed by atoms with Crippen LogP contribution in [0.2, 0.25) is 5.02 Å². The van der Waals surface area contributed by atoms with E-state index in [0.717, 1.165) is 12.8 Å². The summed E-state index contributed by atoms with van der Waals surface area (Å²) < 4.78 is 1.80. The predicted octanol–water partition coefficient (Wildman–Crippen LogP) is 3.71. The minimum absolute atomic E-state index is 0.0868. The van der Waals surface area contributed by atoms with Gasteiger partial charge in [-0.25, -0.2) is 14.3 Å². The molecule has 0 bridgehead atoms. The van der Waals surface area contributed by atoms with Crippen LogP contribution in [-0.2, 0) is 0 Å². The van der Waals surface area contributed by atoms with Gasteiger partial charge in [-0.1, -0.05) is 29.8 Å². The van der Waals surface area contributed by atoms with Crippen LogP contribution >= 0.6 is 11.6 Å². The summed E-state index contributed by atoms with van der Waals surface area (Å²) in [6, 6.07) is 8.40. The highest BCUT2D eigenvalue weighted by atomic mass is 35.5. The number of para-hydroxylation sites is 1. The number of aromatic nitrogens is 2. The van der Waals surface area contributed by atoms with Crippen LogP contribution in [0.5, 0.6) is 0 Å². The first-order valence-electron chi connectivity index (χ1n) is 9.08. The molecule has 3 rings (SSSR count). The molecular formula is C19H23ClN6O2. The molecule has 1 aliphatic heterocycles. The molecule has 28 heavy (non-hydrogen) atoms. The highest BCUT2D eigenvalue weighted by Gasteiger charge is 2.25. The van der Waals surface area contributed by atoms with Gasteiger partial charge in [-0.05, 0) is 25.0 Å². The molecule has 9 heteroatoms. The molecular weight excluding hydrogens is 380 g/mol. The predicted molar refractivity (Wildman–Crippen MR) is 110 cm³/mol. The van der Waals surface area contributed by atoms with Gasteiger partial charge in [0.05, 0.1) is 22.9 Å². The molecule has 148 valence electrons. The number of hydrogen-bond acceptors (Lipinski definition) is 3. The monoisotopic (exact) mass is 402 g/mol. The number of piperidine rings is 1. The number of anilines is 2. The molecule has 0 atom stereocenters. The number of amides is 4. The second-order valence-corrected chi connectivity index (χ2v) is 6.82. The molecule has 2 heterocycles. The van der Waals surface area contributed by atoms with E-state index in [0.29, 0.717) is 36.2 Å². The lowest BCUT2D eigenvalue weighted by Crippen LogP contribution is -2.45. The van der Waals surface area contributed by atoms with Crippen molar-refractivity contribution in [3.63, 3.8) is 0 Å². The summed E-state index contributed by atoms with van der Waals surface area (Å²) >= 11 is 6.07. The van der Waals surface area contributed by atoms with Gasteiger partial charge in [-0.15, -0.1) is 6.58 Å². The topological polar surface area (TPSA) is 91.3 Å². The van der Waals surface area contributed by atoms with Gasteiger partial charge >= 0.3 is 12.1 Å². The van der Waals surface area contributed by atoms with Gasteiger partial charge in [0.15, 0.2) is 0 Å². The summed E-state index contributed by atoms with van der Waals surface area (Å²) in [5, 5.41) is 13.1. The molecule has 0 unspecified atom stereocenters. The Kier molecular flexibility index (Phi) is 6.54. The maximum atomic E-state index is 12.3. The second-order valence-electron chi connectivity index (χ2n) is 6.41. The number of urea groups is 2. The fourth-order valence-corrected chi connectivity index (χ4v) is 3.30. The van der Waals surface area contributed by atoms with Gasteiger partial charge in [0.1, 0.15) is 5.82 Å². The van der Waals surface area contributed by atoms with Crippen molar-refractivity contribution in [3.05, 3.63) is 54.2 Å². The van der Waals surface area contributed by atoms with E-state index >= 15 is 0 Å². The van der Waals surface area contributed by atoms with Crippen molar-refractivity contribution in [2.75, 3.05) is 30.3 Å². The number of rotatable bonds is 5. The molecule has 0 spiro atoms. The van der Waals surface area contributed by atoms with E-state index in [1.54, 1.807) is 52.2 Å². The molecule has 0 radical (unpaired) electrons. The summed E-state index contributed by atoms with van der Waals surface area (Å²) in [5.74, 6) is 0.596. The number of carbonyl (C=O) groups excluding carboxylic acids is 2. The zero-order chi connectivity index (χ0) is 19.9. The van der Waals surface area contributed by atoms with E-state index in [1.807, 2.05) is 0 Å². The van der Waals surface area contributed by atoms with Crippen molar-refractivity contribution < 1.29 is 9.59 Å². The Morgan fingerprint density at radius 3 is 2.68 bits per heavy atom. The minimum atomic E-state index is -0.393. The molecule has 1 saturated heterocycles. The van der Waals surface area contributed by atoms with Crippen LogP contribution in [-0.4, -0.2) is 46.4 Å². The molecule has 2 aromatic rings. The number of nitrogens with one attached hydrogen (secondary N) is 3. The number of nitrogens with zero attached hydrogens (tertiary/aromatic N) is 3. The highest BCUT2D eigenvalue weighted by Crippen LogP contribution is 2.26. The maximum Gasteiger partial charge on any atom is 0.324 e. The van der Waals surface area contributed by atoms with Crippen LogP contribution in [0.25, 0.3) is 0 Å². The van der Waals surface area contributed by atoms with E-state index in [9.17, 15) is 9.59 Å². The minimum Gasteiger partial charge on any atom is -0.335 e. The largest absolute Gasteiger partial charge is 0.335 e. The number of halogens is 1. The van der Waals surface area contributed by atoms with Gasteiger partial charge in [0.25, 0.3) is 0 Å². The fraction of sp³-hybridized carbons (Fsp3) is 0.316. The van der Waals surface area contributed by atoms with E-state index < -0.39 is 6.03 Å². The van der Waals surface area contributed by atoms with Gasteiger partial charge in [-0.2, -0.15) is 5.10 Å². The van der Waals surface area contributed by atoms with Gasteiger partial charge in [-0.3, -0.25) is 5.32 Å². The van der Waals surface area contributed by atoms with Crippen LogP contribution in [0.3, 0.4) is 0 Å². The fourth-order valence-electron chi connectivity index (χ4n) is 3.12. The van der Waals surface area contributed by atoms with Gasteiger partial charge < -0.3 is 15.5 Å². The van der Waals surface area contributed by atoms with Crippen LogP contribution < -0.4 is 16.0 Å². The third-order valence-electron chi connectivity index (χ3n) is 4.53. The third kappa shape index (κ3) is 4.83. The lowest BCUT2D eigenvalue weighted by atomic mass is 10.1. The standard InChI is InChI=1S/C19H23ClN6O2/c1-2-10-21-19(28)25-12-8-14(9-13-25)26-17(7-11-22-26)24-18(27)23-16-6-4-3-5-15(16)20/h2-7,11,14H,1,8-10,12-13H2,(H,21,28)(H2,23,24,27). The Morgan fingerprint density at radius 1 is 1.21 bits per heavy atom. The molecule has 0 saturated carbocycles. The van der Waals surface area contributed by atoms with Crippen molar-refractivity contribution in [2.24, 2.45) is 0 Å². The van der Waals surface area contributed by atoms with Crippen molar-refractivity contribution in [3.8, 4) is 0 Å². The normalized spacial score (nSPS) is 14.4. The van der Waals surface area contributed by atoms with Gasteiger partial charge in [0, 0.05) is 25.7 Å². The van der Waals surface area contributed by atoms with Crippen LogP contribution in [0.1, 0.15) is 18.9 Å². The summed E-state index contributed by atoms with van der Waals surface area (Å²) in [4.78, 5) is 26.1. The Morgan fingerprint density at radius 2 is 1.96 bits per heavy atom. The molecule has 3 N–H and O–H groups in total. The molecule has 8 nitrogen and oxygen atoms in total. The Bertz CT molecular complexity index is 844. The molecule has 0 aliphatic carbocycles. The average molecular weight is 403 g/mol. The lowest BCUT2D eigenvalue weighted by molar-refractivity contribution is 0.170. The SMILES string of the molecule is C=CCNC(=O)N1CCC(n2nccc2NC(=O)Nc2ccccc2Cl)CC1. The van der Waals surface area contributed by atoms with E-state index in [2.05, 4.69) is 27.6 Å². The Labute approximate surface area is 168 Å². The van der Waals surface area contributed by atoms with E-state index in [1.165, 1.54) is 0 Å². The first kappa shape index (κ1) is 19.8. The summed E-state index contributed by atoms with van der Waals surface area (Å²) in [6.45, 7) is 5.29. The van der Waals surface area contributed by atoms with Gasteiger partial charge in [0.2, 0.25) is 0 Å². The zero-order valence-electron chi connectivity index (χ0n) is 15.4. The highest BCUT2D eigenvalue weighted by molar-refractivity contribution is 6.33. The Hall–Kier alpha value is -3.00. The Balaban J connectivity index is 1.57. The number of likely N-dealkylation sites (tertiary alicyclic amines) is 1. The lowest BCUT2D eigenvalue weighted by Gasteiger charge is -2.32. The summed E-state index contributed by atoms with van der Waals surface area (Å²) in [5.41, 5.74) is 0.534. The first-order valence-corrected chi connectivity index (χ1v) is 9.46. The van der Waals surface area contributed by atoms with Crippen molar-refractivity contribution in [1.29, 1.82) is 0 Å². The maximum absolute atomic E-state index is 12.3. The number of hydrogen-bond donors (Lipinski definition) is 3. The smallest absolute Gasteiger partial charge is 0.324 e. The van der Waals surface area contributed by atoms with Crippen molar-refractivity contribution in [2.45, 2.75) is 18.9 Å². The molecule has 4 amide bonds. The summed E-state index contributed by atoms with van der Waals surface area (Å²) in [6.07, 6.45) is 4.81. The number of benzene rings is 1. The molecule has 1 aromatic carbocycles. The van der Waals surface area contributed by atoms with Crippen LogP contribution in [0, 0.1) is 0 Å². The van der Waals surface area contributed by atoms with E-state index in [4.69, 9.17) is 11.6 Å². The molecule has 1 aliphatic rings. The number of carbonyl (C=O) groups is 2. The average Bonchev–Trinajstić information content (AvgIpc) is 3.16. The molecule has 1 fully saturated rings. The zero-order valence-corrected chi connectivity index (χ0v) is 16.2. The van der Waals surface area contributed by atoms with E-state index in [-0.39, 0.29) is 12.1 Å². The van der Waals surface area contributed by atoms with Crippen LogP contribution in [0.4, 0.5) is 21.1 Å². The van der Waals surface area contributed by atoms with Crippen molar-refractivity contribution in [1.82, 2.24) is 20.0 Å². The first-order chi connectivity index (χ1) is 13.6. The van der Waals surface area contributed by atoms with Crippen LogP contribution in [0.15, 0.2) is 49.2 Å². The summed E-state index contributed by atoms with van der Waals surface area (Å²) in [7, 11) is 0. The quantitative estimate of drug-likeness (QED) is 0.665.